The highest BCUT2D eigenvalue weighted by Crippen LogP contribution is 2.24. The number of carbonyl (C=O) groups is 1. The van der Waals surface area contributed by atoms with Gasteiger partial charge in [0.05, 0.1) is 17.6 Å². The molecule has 1 saturated heterocycles. The number of benzene rings is 2. The lowest BCUT2D eigenvalue weighted by molar-refractivity contribution is -0.126. The van der Waals surface area contributed by atoms with Crippen LogP contribution in [0.4, 0.5) is 5.82 Å². The number of carbonyl (C=O) groups excluding carboxylic acids is 1. The van der Waals surface area contributed by atoms with Crippen LogP contribution in [0, 0.1) is 12.8 Å². The quantitative estimate of drug-likeness (QED) is 0.615. The van der Waals surface area contributed by atoms with Gasteiger partial charge in [0.25, 0.3) is 5.56 Å². The van der Waals surface area contributed by atoms with E-state index in [0.29, 0.717) is 31.5 Å². The summed E-state index contributed by atoms with van der Waals surface area (Å²) < 4.78 is 1.84. The number of aryl methyl sites for hydroxylation is 1. The van der Waals surface area contributed by atoms with E-state index in [1.165, 1.54) is 24.8 Å². The van der Waals surface area contributed by atoms with Crippen LogP contribution in [0.3, 0.4) is 0 Å². The summed E-state index contributed by atoms with van der Waals surface area (Å²) in [7, 11) is 0. The van der Waals surface area contributed by atoms with E-state index in [-0.39, 0.29) is 17.4 Å². The van der Waals surface area contributed by atoms with E-state index < -0.39 is 0 Å². The molecule has 2 heterocycles. The van der Waals surface area contributed by atoms with Crippen molar-refractivity contribution < 1.29 is 4.79 Å². The molecule has 2 aromatic carbocycles. The van der Waals surface area contributed by atoms with E-state index in [1.807, 2.05) is 28.8 Å². The average molecular weight is 459 g/mol. The van der Waals surface area contributed by atoms with Crippen molar-refractivity contribution in [3.63, 3.8) is 0 Å². The molecule has 1 aliphatic heterocycles. The van der Waals surface area contributed by atoms with Crippen LogP contribution in [0.25, 0.3) is 11.0 Å². The Morgan fingerprint density at radius 1 is 0.971 bits per heavy atom. The van der Waals surface area contributed by atoms with Crippen LogP contribution in [-0.4, -0.2) is 34.6 Å². The van der Waals surface area contributed by atoms with Gasteiger partial charge in [0.1, 0.15) is 0 Å². The molecule has 1 saturated carbocycles. The monoisotopic (exact) mass is 458 g/mol. The summed E-state index contributed by atoms with van der Waals surface area (Å²) in [5.74, 6) is 0.708. The summed E-state index contributed by atoms with van der Waals surface area (Å²) in [4.78, 5) is 33.3. The smallest absolute Gasteiger partial charge is 0.294 e. The predicted molar refractivity (Wildman–Crippen MR) is 136 cm³/mol. The van der Waals surface area contributed by atoms with Crippen molar-refractivity contribution in [2.24, 2.45) is 5.92 Å². The lowest BCUT2D eigenvalue weighted by atomic mass is 9.92. The summed E-state index contributed by atoms with van der Waals surface area (Å²) in [6.07, 6.45) is 7.43. The lowest BCUT2D eigenvalue weighted by Crippen LogP contribution is -2.45. The zero-order valence-electron chi connectivity index (χ0n) is 20.0. The summed E-state index contributed by atoms with van der Waals surface area (Å²) in [5, 5.41) is 3.28. The molecule has 2 aliphatic rings. The highest BCUT2D eigenvalue weighted by atomic mass is 16.2. The van der Waals surface area contributed by atoms with Crippen LogP contribution in [0.15, 0.2) is 53.3 Å². The SMILES string of the molecule is Cc1ccc(Cn2c(=O)c(N3CCC(C(=O)NC4CCCCC4)CC3)nc3ccccc32)cc1. The van der Waals surface area contributed by atoms with Crippen molar-refractivity contribution in [3.8, 4) is 0 Å². The first kappa shape index (κ1) is 22.6. The van der Waals surface area contributed by atoms with Crippen molar-refractivity contribution >= 4 is 22.8 Å². The van der Waals surface area contributed by atoms with Gasteiger partial charge in [-0.25, -0.2) is 4.98 Å². The van der Waals surface area contributed by atoms with Gasteiger partial charge in [-0.3, -0.25) is 14.2 Å². The van der Waals surface area contributed by atoms with Crippen molar-refractivity contribution in [2.75, 3.05) is 18.0 Å². The first-order valence-electron chi connectivity index (χ1n) is 12.7. The molecular formula is C28H34N4O2. The first-order chi connectivity index (χ1) is 16.6. The Kier molecular flexibility index (Phi) is 6.66. The molecule has 6 heteroatoms. The lowest BCUT2D eigenvalue weighted by Gasteiger charge is -2.33. The molecule has 1 N–H and O–H groups in total. The van der Waals surface area contributed by atoms with Crippen molar-refractivity contribution in [1.29, 1.82) is 0 Å². The number of para-hydroxylation sites is 2. The van der Waals surface area contributed by atoms with E-state index in [4.69, 9.17) is 4.98 Å². The Hall–Kier alpha value is -3.15. The zero-order valence-corrected chi connectivity index (χ0v) is 20.0. The Bertz CT molecular complexity index is 1200. The minimum Gasteiger partial charge on any atom is -0.353 e. The Balaban J connectivity index is 1.35. The molecule has 0 spiro atoms. The fourth-order valence-corrected chi connectivity index (χ4v) is 5.34. The molecule has 1 aliphatic carbocycles. The molecule has 1 amide bonds. The van der Waals surface area contributed by atoms with E-state index in [0.717, 1.165) is 42.3 Å². The number of nitrogens with zero attached hydrogens (tertiary/aromatic N) is 3. The second kappa shape index (κ2) is 10.00. The van der Waals surface area contributed by atoms with Gasteiger partial charge in [-0.05, 0) is 50.3 Å². The molecule has 0 bridgehead atoms. The van der Waals surface area contributed by atoms with Gasteiger partial charge < -0.3 is 10.2 Å². The minimum atomic E-state index is -0.0654. The topological polar surface area (TPSA) is 67.2 Å². The van der Waals surface area contributed by atoms with Gasteiger partial charge in [0.15, 0.2) is 5.82 Å². The number of fused-ring (bicyclic) bond motifs is 1. The molecule has 3 aromatic rings. The number of aromatic nitrogens is 2. The minimum absolute atomic E-state index is 0.0217. The van der Waals surface area contributed by atoms with Gasteiger partial charge in [0, 0.05) is 25.0 Å². The number of hydrogen-bond acceptors (Lipinski definition) is 4. The third-order valence-electron chi connectivity index (χ3n) is 7.41. The van der Waals surface area contributed by atoms with E-state index >= 15 is 0 Å². The fourth-order valence-electron chi connectivity index (χ4n) is 5.34. The van der Waals surface area contributed by atoms with Gasteiger partial charge in [-0.1, -0.05) is 61.2 Å². The Morgan fingerprint density at radius 2 is 1.68 bits per heavy atom. The number of amides is 1. The van der Waals surface area contributed by atoms with Gasteiger partial charge >= 0.3 is 0 Å². The Labute approximate surface area is 201 Å². The van der Waals surface area contributed by atoms with Crippen LogP contribution < -0.4 is 15.8 Å². The van der Waals surface area contributed by atoms with Gasteiger partial charge in [-0.15, -0.1) is 0 Å². The Morgan fingerprint density at radius 3 is 2.41 bits per heavy atom. The van der Waals surface area contributed by atoms with Crippen molar-refractivity contribution in [1.82, 2.24) is 14.9 Å². The summed E-state index contributed by atoms with van der Waals surface area (Å²) in [6, 6.07) is 16.5. The number of hydrogen-bond donors (Lipinski definition) is 1. The number of anilines is 1. The predicted octanol–water partition coefficient (Wildman–Crippen LogP) is 4.42. The first-order valence-corrected chi connectivity index (χ1v) is 12.7. The molecule has 2 fully saturated rings. The fraction of sp³-hybridized carbons (Fsp3) is 0.464. The standard InChI is InChI=1S/C28H34N4O2/c1-20-11-13-21(14-12-20)19-32-25-10-6-5-9-24(25)30-26(28(32)34)31-17-15-22(16-18-31)27(33)29-23-7-3-2-4-8-23/h5-6,9-14,22-23H,2-4,7-8,15-19H2,1H3,(H,29,33). The molecular weight excluding hydrogens is 424 g/mol. The molecule has 0 atom stereocenters. The van der Waals surface area contributed by atoms with Crippen LogP contribution in [0.1, 0.15) is 56.1 Å². The number of nitrogens with one attached hydrogen (secondary N) is 1. The van der Waals surface area contributed by atoms with E-state index in [2.05, 4.69) is 41.4 Å². The molecule has 1 aromatic heterocycles. The van der Waals surface area contributed by atoms with Crippen molar-refractivity contribution in [2.45, 2.75) is 64.5 Å². The third kappa shape index (κ3) is 4.86. The molecule has 34 heavy (non-hydrogen) atoms. The maximum atomic E-state index is 13.6. The van der Waals surface area contributed by atoms with Crippen molar-refractivity contribution in [3.05, 3.63) is 70.0 Å². The molecule has 6 nitrogen and oxygen atoms in total. The molecule has 0 unspecified atom stereocenters. The number of rotatable bonds is 5. The normalized spacial score (nSPS) is 17.7. The zero-order chi connectivity index (χ0) is 23.5. The number of piperidine rings is 1. The highest BCUT2D eigenvalue weighted by Gasteiger charge is 2.29. The molecule has 5 rings (SSSR count). The van der Waals surface area contributed by atoms with Crippen LogP contribution in [0.5, 0.6) is 0 Å². The van der Waals surface area contributed by atoms with Gasteiger partial charge in [-0.2, -0.15) is 0 Å². The van der Waals surface area contributed by atoms with E-state index in [9.17, 15) is 9.59 Å². The van der Waals surface area contributed by atoms with E-state index in [1.54, 1.807) is 0 Å². The molecule has 0 radical (unpaired) electrons. The highest BCUT2D eigenvalue weighted by molar-refractivity contribution is 5.79. The summed E-state index contributed by atoms with van der Waals surface area (Å²) in [6.45, 7) is 3.92. The largest absolute Gasteiger partial charge is 0.353 e. The summed E-state index contributed by atoms with van der Waals surface area (Å²) in [5.41, 5.74) is 3.89. The third-order valence-corrected chi connectivity index (χ3v) is 7.41. The average Bonchev–Trinajstić information content (AvgIpc) is 2.87. The summed E-state index contributed by atoms with van der Waals surface area (Å²) >= 11 is 0. The van der Waals surface area contributed by atoms with Crippen LogP contribution in [0.2, 0.25) is 0 Å². The van der Waals surface area contributed by atoms with Gasteiger partial charge in [0.2, 0.25) is 5.91 Å². The van der Waals surface area contributed by atoms with Crippen LogP contribution in [-0.2, 0) is 11.3 Å². The maximum Gasteiger partial charge on any atom is 0.294 e. The second-order valence-corrected chi connectivity index (χ2v) is 9.91. The maximum absolute atomic E-state index is 13.6. The second-order valence-electron chi connectivity index (χ2n) is 9.91. The molecule has 178 valence electrons. The van der Waals surface area contributed by atoms with Crippen LogP contribution >= 0.6 is 0 Å².